The van der Waals surface area contributed by atoms with Gasteiger partial charge in [0.1, 0.15) is 11.2 Å². The van der Waals surface area contributed by atoms with Crippen LogP contribution in [0.1, 0.15) is 32.4 Å². The molecule has 0 aliphatic heterocycles. The highest BCUT2D eigenvalue weighted by Gasteiger charge is 2.19. The zero-order valence-electron chi connectivity index (χ0n) is 15.8. The van der Waals surface area contributed by atoms with Gasteiger partial charge in [0.15, 0.2) is 17.2 Å². The summed E-state index contributed by atoms with van der Waals surface area (Å²) >= 11 is 5.40. The molecule has 0 bridgehead atoms. The third-order valence-corrected chi connectivity index (χ3v) is 4.04. The minimum Gasteiger partial charge on any atom is -0.493 e. The molecular formula is C18H16ClN5O6. The first kappa shape index (κ1) is 21.0. The monoisotopic (exact) mass is 433 g/mol. The molecular weight excluding hydrogens is 418 g/mol. The lowest BCUT2D eigenvalue weighted by Crippen LogP contribution is -2.12. The van der Waals surface area contributed by atoms with Crippen molar-refractivity contribution in [3.8, 4) is 5.88 Å². The Balaban J connectivity index is 0.000000177. The lowest BCUT2D eigenvalue weighted by Gasteiger charge is -2.04. The van der Waals surface area contributed by atoms with Crippen molar-refractivity contribution >= 4 is 40.6 Å². The average molecular weight is 434 g/mol. The Kier molecular flexibility index (Phi) is 6.14. The first-order valence-electron chi connectivity index (χ1n) is 8.42. The Morgan fingerprint density at radius 2 is 2.07 bits per heavy atom. The maximum Gasteiger partial charge on any atom is 0.355 e. The smallest absolute Gasteiger partial charge is 0.355 e. The van der Waals surface area contributed by atoms with E-state index in [-0.39, 0.29) is 23.0 Å². The Morgan fingerprint density at radius 1 is 1.30 bits per heavy atom. The second kappa shape index (κ2) is 8.76. The van der Waals surface area contributed by atoms with Crippen LogP contribution in [0.25, 0.3) is 16.9 Å². The van der Waals surface area contributed by atoms with E-state index < -0.39 is 11.9 Å². The molecule has 1 aromatic carbocycles. The van der Waals surface area contributed by atoms with E-state index in [1.807, 2.05) is 25.1 Å². The summed E-state index contributed by atoms with van der Waals surface area (Å²) in [6.45, 7) is 2.46. The second-order valence-corrected chi connectivity index (χ2v) is 6.19. The van der Waals surface area contributed by atoms with Crippen molar-refractivity contribution < 1.29 is 29.0 Å². The van der Waals surface area contributed by atoms with Crippen LogP contribution in [0.5, 0.6) is 5.88 Å². The normalized spacial score (nSPS) is 10.6. The third kappa shape index (κ3) is 4.31. The number of aromatic hydroxyl groups is 1. The van der Waals surface area contributed by atoms with Gasteiger partial charge in [0.2, 0.25) is 11.7 Å². The third-order valence-electron chi connectivity index (χ3n) is 3.90. The van der Waals surface area contributed by atoms with Crippen LogP contribution in [-0.4, -0.2) is 48.6 Å². The van der Waals surface area contributed by atoms with Crippen LogP contribution in [0.3, 0.4) is 0 Å². The topological polar surface area (TPSA) is 152 Å². The molecule has 0 saturated heterocycles. The first-order chi connectivity index (χ1) is 14.3. The van der Waals surface area contributed by atoms with Gasteiger partial charge in [-0.05, 0) is 29.5 Å². The molecule has 3 aromatic heterocycles. The van der Waals surface area contributed by atoms with Gasteiger partial charge >= 0.3 is 11.9 Å². The number of fused-ring (bicyclic) bond motifs is 2. The molecule has 0 atom stereocenters. The van der Waals surface area contributed by atoms with Crippen LogP contribution in [-0.2, 0) is 11.3 Å². The number of imidazole rings is 1. The highest BCUT2D eigenvalue weighted by atomic mass is 35.5. The molecule has 30 heavy (non-hydrogen) atoms. The molecule has 4 aromatic rings. The molecule has 0 aliphatic carbocycles. The van der Waals surface area contributed by atoms with E-state index in [2.05, 4.69) is 24.5 Å². The number of benzene rings is 1. The summed E-state index contributed by atoms with van der Waals surface area (Å²) in [6.07, 6.45) is 1.06. The predicted molar refractivity (Wildman–Crippen MR) is 104 cm³/mol. The van der Waals surface area contributed by atoms with Gasteiger partial charge < -0.3 is 19.4 Å². The molecule has 0 unspecified atom stereocenters. The number of carboxylic acids is 1. The molecule has 0 saturated carbocycles. The van der Waals surface area contributed by atoms with E-state index in [0.29, 0.717) is 12.4 Å². The van der Waals surface area contributed by atoms with Gasteiger partial charge in [-0.25, -0.2) is 33.8 Å². The van der Waals surface area contributed by atoms with E-state index in [1.165, 1.54) is 0 Å². The number of ether oxygens (including phenoxy) is 1. The van der Waals surface area contributed by atoms with Gasteiger partial charge in [-0.2, -0.15) is 0 Å². The van der Waals surface area contributed by atoms with E-state index in [4.69, 9.17) is 21.3 Å². The zero-order valence-corrected chi connectivity index (χ0v) is 16.5. The van der Waals surface area contributed by atoms with E-state index in [0.717, 1.165) is 40.4 Å². The van der Waals surface area contributed by atoms with Crippen molar-refractivity contribution in [2.24, 2.45) is 0 Å². The first-order valence-corrected chi connectivity index (χ1v) is 8.80. The molecule has 3 heterocycles. The van der Waals surface area contributed by atoms with E-state index in [9.17, 15) is 14.7 Å². The molecule has 4 rings (SSSR count). The minimum absolute atomic E-state index is 0.0946. The number of hydrogen-bond acceptors (Lipinski definition) is 9. The van der Waals surface area contributed by atoms with Crippen molar-refractivity contribution in [2.75, 3.05) is 7.11 Å². The maximum atomic E-state index is 11.4. The zero-order chi connectivity index (χ0) is 21.8. The number of halogens is 1. The van der Waals surface area contributed by atoms with Crippen LogP contribution < -0.4 is 4.84 Å². The van der Waals surface area contributed by atoms with Crippen molar-refractivity contribution in [1.29, 1.82) is 0 Å². The highest BCUT2D eigenvalue weighted by molar-refractivity contribution is 6.13. The lowest BCUT2D eigenvalue weighted by atomic mass is 10.2. The molecule has 0 aliphatic rings. The van der Waals surface area contributed by atoms with Gasteiger partial charge in [-0.1, -0.05) is 6.07 Å². The summed E-state index contributed by atoms with van der Waals surface area (Å²) < 4.78 is 10.8. The van der Waals surface area contributed by atoms with E-state index >= 15 is 0 Å². The number of oxazole rings is 1. The van der Waals surface area contributed by atoms with Crippen LogP contribution >= 0.6 is 11.8 Å². The fourth-order valence-electron chi connectivity index (χ4n) is 2.62. The minimum atomic E-state index is -1.31. The number of methoxy groups -OCH3 is 1. The number of rotatable bonds is 4. The Morgan fingerprint density at radius 3 is 2.73 bits per heavy atom. The molecule has 156 valence electrons. The Bertz CT molecular complexity index is 1230. The number of aryl methyl sites for hydroxylation is 1. The fourth-order valence-corrected chi connectivity index (χ4v) is 2.77. The number of aromatic nitrogens is 4. The number of aromatic carboxylic acids is 1. The number of carbonyl (C=O) groups is 2. The number of hydrogen-bond donors (Lipinski definition) is 3. The van der Waals surface area contributed by atoms with Crippen LogP contribution in [0.4, 0.5) is 0 Å². The number of carbonyl (C=O) groups excluding carboxylic acids is 1. The summed E-state index contributed by atoms with van der Waals surface area (Å²) in [4.78, 5) is 36.4. The molecule has 3 N–H and O–H groups in total. The van der Waals surface area contributed by atoms with Crippen molar-refractivity contribution in [1.82, 2.24) is 24.2 Å². The SMILES string of the molecule is COC(=O)c1cc(C(=O)O)nc2ncc(O)n12.Cc1nc2cc(CNCl)ccc2o1. The predicted octanol–water partition coefficient (Wildman–Crippen LogP) is 2.30. The summed E-state index contributed by atoms with van der Waals surface area (Å²) in [7, 11) is 1.14. The molecule has 0 radical (unpaired) electrons. The molecule has 0 fully saturated rings. The highest BCUT2D eigenvalue weighted by Crippen LogP contribution is 2.17. The Hall–Kier alpha value is -3.70. The number of esters is 1. The summed E-state index contributed by atoms with van der Waals surface area (Å²) in [6, 6.07) is 6.82. The van der Waals surface area contributed by atoms with Gasteiger partial charge in [0.25, 0.3) is 0 Å². The summed E-state index contributed by atoms with van der Waals surface area (Å²) in [5.41, 5.74) is 2.27. The average Bonchev–Trinajstić information content (AvgIpc) is 3.28. The fraction of sp³-hybridized carbons (Fsp3) is 0.167. The van der Waals surface area contributed by atoms with E-state index in [1.54, 1.807) is 0 Å². The quantitative estimate of drug-likeness (QED) is 0.322. The van der Waals surface area contributed by atoms with Crippen molar-refractivity contribution in [2.45, 2.75) is 13.5 Å². The van der Waals surface area contributed by atoms with Crippen molar-refractivity contribution in [3.05, 3.63) is 53.3 Å². The maximum absolute atomic E-state index is 11.4. The molecule has 11 nitrogen and oxygen atoms in total. The molecule has 12 heteroatoms. The number of nitrogens with one attached hydrogen (secondary N) is 1. The standard InChI is InChI=1S/C9H9ClN2O.C9H7N3O5/c1-6-12-8-4-7(5-11-10)2-3-9(8)13-6;1-17-8(16)5-2-4(7(14)15)11-9-10-3-6(13)12(5)9/h2-4,11H,5H2,1H3;2-3,13H,1H3,(H,14,15). The number of carboxylic acid groups (broad SMARTS) is 1. The van der Waals surface area contributed by atoms with Crippen LogP contribution in [0.15, 0.2) is 34.9 Å². The van der Waals surface area contributed by atoms with Gasteiger partial charge in [0, 0.05) is 19.5 Å². The van der Waals surface area contributed by atoms with Crippen LogP contribution in [0, 0.1) is 6.92 Å². The second-order valence-electron chi connectivity index (χ2n) is 5.92. The van der Waals surface area contributed by atoms with Gasteiger partial charge in [0.05, 0.1) is 13.3 Å². The molecule has 0 spiro atoms. The molecule has 0 amide bonds. The lowest BCUT2D eigenvalue weighted by molar-refractivity contribution is 0.0591. The summed E-state index contributed by atoms with van der Waals surface area (Å²) in [5.74, 6) is -1.84. The van der Waals surface area contributed by atoms with Gasteiger partial charge in [-0.3, -0.25) is 0 Å². The van der Waals surface area contributed by atoms with Gasteiger partial charge in [-0.15, -0.1) is 0 Å². The Labute approximate surface area is 174 Å². The summed E-state index contributed by atoms with van der Waals surface area (Å²) in [5, 5.41) is 18.3. The van der Waals surface area contributed by atoms with Crippen LogP contribution in [0.2, 0.25) is 0 Å². The number of nitrogens with zero attached hydrogens (tertiary/aromatic N) is 4. The van der Waals surface area contributed by atoms with Crippen molar-refractivity contribution in [3.63, 3.8) is 0 Å². The largest absolute Gasteiger partial charge is 0.493 e.